The maximum Gasteiger partial charge on any atom is 0.345 e. The third-order valence-electron chi connectivity index (χ3n) is 7.45. The zero-order valence-corrected chi connectivity index (χ0v) is 27.5. The molecule has 8 nitrogen and oxygen atoms in total. The topological polar surface area (TPSA) is 127 Å². The predicted octanol–water partition coefficient (Wildman–Crippen LogP) is 9.01. The second kappa shape index (κ2) is 13.9. The molecule has 0 spiro atoms. The van der Waals surface area contributed by atoms with Crippen molar-refractivity contribution in [3.05, 3.63) is 155 Å². The molecule has 11 heteroatoms. The molecule has 0 unspecified atom stereocenters. The number of carbonyl (C=O) groups excluding carboxylic acids is 2. The number of ether oxygens (including phenoxy) is 2. The number of sulfone groups is 1. The van der Waals surface area contributed by atoms with Crippen molar-refractivity contribution in [1.82, 2.24) is 0 Å². The van der Waals surface area contributed by atoms with Gasteiger partial charge in [-0.25, -0.2) is 18.0 Å². The highest BCUT2D eigenvalue weighted by Gasteiger charge is 2.28. The van der Waals surface area contributed by atoms with Crippen molar-refractivity contribution in [3.8, 4) is 45.3 Å². The van der Waals surface area contributed by atoms with Gasteiger partial charge < -0.3 is 19.7 Å². The van der Waals surface area contributed by atoms with E-state index in [9.17, 15) is 28.2 Å². The number of phenols is 2. The molecular formula is C38H24Cl2O8S. The Labute approximate surface area is 291 Å². The maximum absolute atomic E-state index is 14.6. The summed E-state index contributed by atoms with van der Waals surface area (Å²) >= 11 is 12.4. The quantitative estimate of drug-likeness (QED) is 0.118. The van der Waals surface area contributed by atoms with Crippen molar-refractivity contribution in [2.45, 2.75) is 9.79 Å². The molecule has 0 amide bonds. The summed E-state index contributed by atoms with van der Waals surface area (Å²) in [5.74, 6) is -1.46. The summed E-state index contributed by atoms with van der Waals surface area (Å²) in [6.07, 6.45) is 0. The van der Waals surface area contributed by atoms with Crippen LogP contribution in [0.1, 0.15) is 20.7 Å². The Morgan fingerprint density at radius 3 is 1.24 bits per heavy atom. The molecule has 0 aromatic heterocycles. The number of phenolic OH excluding ortho intramolecular Hbond substituents is 2. The van der Waals surface area contributed by atoms with Crippen molar-refractivity contribution < 1.29 is 37.7 Å². The van der Waals surface area contributed by atoms with E-state index in [-0.39, 0.29) is 65.1 Å². The van der Waals surface area contributed by atoms with Crippen LogP contribution < -0.4 is 9.47 Å². The van der Waals surface area contributed by atoms with E-state index in [1.807, 2.05) is 0 Å². The molecule has 0 aliphatic heterocycles. The fourth-order valence-electron chi connectivity index (χ4n) is 5.04. The lowest BCUT2D eigenvalue weighted by Gasteiger charge is -2.17. The van der Waals surface area contributed by atoms with E-state index in [0.717, 1.165) is 0 Å². The first kappa shape index (κ1) is 33.3. The van der Waals surface area contributed by atoms with E-state index < -0.39 is 21.8 Å². The Balaban J connectivity index is 1.46. The Morgan fingerprint density at radius 2 is 0.878 bits per heavy atom. The summed E-state index contributed by atoms with van der Waals surface area (Å²) in [5, 5.41) is 20.2. The van der Waals surface area contributed by atoms with Crippen LogP contribution in [0.3, 0.4) is 0 Å². The lowest BCUT2D eigenvalue weighted by atomic mass is 10.0. The van der Waals surface area contributed by atoms with Gasteiger partial charge in [-0.3, -0.25) is 0 Å². The molecule has 6 rings (SSSR count). The SMILES string of the molecule is O=C(Oc1ccc(S(=O)(=O)c2ccc(OC(=O)c3ccccc3Cl)cc2-c2ccc(O)cc2)c(-c2ccc(O)cc2)c1)c1ccccc1Cl. The summed E-state index contributed by atoms with van der Waals surface area (Å²) < 4.78 is 40.4. The van der Waals surface area contributed by atoms with E-state index in [2.05, 4.69) is 0 Å². The third-order valence-corrected chi connectivity index (χ3v) is 9.98. The van der Waals surface area contributed by atoms with Gasteiger partial charge in [0.25, 0.3) is 0 Å². The molecule has 0 aliphatic carbocycles. The van der Waals surface area contributed by atoms with Gasteiger partial charge in [0.05, 0.1) is 31.0 Å². The predicted molar refractivity (Wildman–Crippen MR) is 185 cm³/mol. The van der Waals surface area contributed by atoms with Gasteiger partial charge >= 0.3 is 11.9 Å². The number of halogens is 2. The van der Waals surface area contributed by atoms with E-state index in [1.54, 1.807) is 36.4 Å². The van der Waals surface area contributed by atoms with Gasteiger partial charge in [0, 0.05) is 11.1 Å². The van der Waals surface area contributed by atoms with Crippen LogP contribution in [0, 0.1) is 0 Å². The normalized spacial score (nSPS) is 11.1. The Bertz CT molecular complexity index is 2160. The summed E-state index contributed by atoms with van der Waals surface area (Å²) in [4.78, 5) is 25.6. The molecule has 49 heavy (non-hydrogen) atoms. The third kappa shape index (κ3) is 7.14. The molecular weight excluding hydrogens is 687 g/mol. The molecule has 0 bridgehead atoms. The Kier molecular flexibility index (Phi) is 9.42. The molecule has 244 valence electrons. The number of rotatable bonds is 8. The number of aromatic hydroxyl groups is 2. The van der Waals surface area contributed by atoms with Gasteiger partial charge in [-0.2, -0.15) is 0 Å². The molecule has 0 radical (unpaired) electrons. The van der Waals surface area contributed by atoms with Gasteiger partial charge in [0.15, 0.2) is 0 Å². The number of hydrogen-bond donors (Lipinski definition) is 2. The first-order valence-electron chi connectivity index (χ1n) is 14.6. The minimum absolute atomic E-state index is 0.0361. The highest BCUT2D eigenvalue weighted by Crippen LogP contribution is 2.40. The first-order chi connectivity index (χ1) is 23.5. The van der Waals surface area contributed by atoms with Gasteiger partial charge in [0.2, 0.25) is 9.84 Å². The zero-order valence-electron chi connectivity index (χ0n) is 25.2. The van der Waals surface area contributed by atoms with Gasteiger partial charge in [-0.15, -0.1) is 0 Å². The zero-order chi connectivity index (χ0) is 34.7. The number of carbonyl (C=O) groups is 2. The van der Waals surface area contributed by atoms with E-state index in [1.165, 1.54) is 97.1 Å². The number of esters is 2. The monoisotopic (exact) mass is 710 g/mol. The highest BCUT2D eigenvalue weighted by molar-refractivity contribution is 7.91. The van der Waals surface area contributed by atoms with Crippen LogP contribution in [0.4, 0.5) is 0 Å². The first-order valence-corrected chi connectivity index (χ1v) is 16.8. The fraction of sp³-hybridized carbons (Fsp3) is 0. The van der Waals surface area contributed by atoms with E-state index >= 15 is 0 Å². The highest BCUT2D eigenvalue weighted by atomic mass is 35.5. The average molecular weight is 712 g/mol. The molecule has 0 saturated heterocycles. The van der Waals surface area contributed by atoms with Crippen LogP contribution in [0.5, 0.6) is 23.0 Å². The molecule has 2 N–H and O–H groups in total. The van der Waals surface area contributed by atoms with Gasteiger partial charge in [-0.1, -0.05) is 71.7 Å². The summed E-state index contributed by atoms with van der Waals surface area (Å²) in [6, 6.07) is 32.6. The molecule has 6 aromatic rings. The molecule has 0 aliphatic rings. The van der Waals surface area contributed by atoms with Crippen molar-refractivity contribution in [1.29, 1.82) is 0 Å². The summed E-state index contributed by atoms with van der Waals surface area (Å²) in [7, 11) is -4.37. The average Bonchev–Trinajstić information content (AvgIpc) is 3.09. The largest absolute Gasteiger partial charge is 0.508 e. The van der Waals surface area contributed by atoms with Crippen LogP contribution >= 0.6 is 23.2 Å². The van der Waals surface area contributed by atoms with Crippen molar-refractivity contribution >= 4 is 45.0 Å². The second-order valence-corrected chi connectivity index (χ2v) is 13.4. The van der Waals surface area contributed by atoms with Crippen LogP contribution in [-0.2, 0) is 9.84 Å². The molecule has 0 fully saturated rings. The van der Waals surface area contributed by atoms with Crippen molar-refractivity contribution in [3.63, 3.8) is 0 Å². The molecule has 6 aromatic carbocycles. The van der Waals surface area contributed by atoms with Gasteiger partial charge in [0.1, 0.15) is 23.0 Å². The fourth-order valence-corrected chi connectivity index (χ4v) is 7.13. The summed E-state index contributed by atoms with van der Waals surface area (Å²) in [5.41, 5.74) is 1.42. The summed E-state index contributed by atoms with van der Waals surface area (Å²) in [6.45, 7) is 0. The minimum atomic E-state index is -4.37. The Morgan fingerprint density at radius 1 is 0.510 bits per heavy atom. The number of hydrogen-bond acceptors (Lipinski definition) is 8. The van der Waals surface area contributed by atoms with Crippen LogP contribution in [0.25, 0.3) is 22.3 Å². The van der Waals surface area contributed by atoms with Crippen molar-refractivity contribution in [2.24, 2.45) is 0 Å². The van der Waals surface area contributed by atoms with E-state index in [4.69, 9.17) is 32.7 Å². The second-order valence-electron chi connectivity index (χ2n) is 10.7. The van der Waals surface area contributed by atoms with Gasteiger partial charge in [-0.05, 0) is 96.1 Å². The smallest absolute Gasteiger partial charge is 0.345 e. The molecule has 0 heterocycles. The van der Waals surface area contributed by atoms with Crippen LogP contribution in [0.2, 0.25) is 10.0 Å². The van der Waals surface area contributed by atoms with Crippen molar-refractivity contribution in [2.75, 3.05) is 0 Å². The van der Waals surface area contributed by atoms with Crippen LogP contribution in [0.15, 0.2) is 143 Å². The lowest BCUT2D eigenvalue weighted by molar-refractivity contribution is 0.0725. The van der Waals surface area contributed by atoms with Crippen LogP contribution in [-0.4, -0.2) is 30.6 Å². The number of benzene rings is 6. The minimum Gasteiger partial charge on any atom is -0.508 e. The maximum atomic E-state index is 14.6. The molecule has 0 atom stereocenters. The molecule has 0 saturated carbocycles. The standard InChI is InChI=1S/C38H24Cl2O8S/c39-33-7-3-1-5-29(33)37(43)47-27-17-19-35(31(21-27)23-9-13-25(41)14-10-23)49(45,46)36-20-18-28(22-32(36)24-11-15-26(42)16-12-24)48-38(44)30-6-2-4-8-34(30)40/h1-22,41-42H. The van der Waals surface area contributed by atoms with E-state index in [0.29, 0.717) is 11.1 Å². The lowest BCUT2D eigenvalue weighted by Crippen LogP contribution is -2.11. The Hall–Kier alpha value is -5.61.